The molecule has 2 N–H and O–H groups in total. The van der Waals surface area contributed by atoms with Gasteiger partial charge in [-0.15, -0.1) is 0 Å². The van der Waals surface area contributed by atoms with E-state index >= 15 is 0 Å². The van der Waals surface area contributed by atoms with Crippen LogP contribution in [0.1, 0.15) is 5.56 Å². The van der Waals surface area contributed by atoms with E-state index in [1.165, 1.54) is 0 Å². The Hall–Kier alpha value is -2.14. The van der Waals surface area contributed by atoms with Gasteiger partial charge in [0, 0.05) is 21.3 Å². The molecule has 3 aromatic rings. The van der Waals surface area contributed by atoms with E-state index in [9.17, 15) is 0 Å². The van der Waals surface area contributed by atoms with Crippen molar-refractivity contribution in [2.45, 2.75) is 6.92 Å². The Morgan fingerprint density at radius 2 is 1.85 bits per heavy atom. The molecule has 0 aliphatic carbocycles. The van der Waals surface area contributed by atoms with Gasteiger partial charge in [-0.05, 0) is 48.9 Å². The number of hydrogen-bond donors (Lipinski definition) is 1. The van der Waals surface area contributed by atoms with Crippen LogP contribution in [-0.4, -0.2) is 10.1 Å². The van der Waals surface area contributed by atoms with Gasteiger partial charge in [0.05, 0.1) is 0 Å². The van der Waals surface area contributed by atoms with Crippen LogP contribution < -0.4 is 5.73 Å². The molecule has 0 aliphatic heterocycles. The fourth-order valence-electron chi connectivity index (χ4n) is 1.92. The molecule has 0 amide bonds. The molecule has 0 spiro atoms. The van der Waals surface area contributed by atoms with Gasteiger partial charge in [-0.2, -0.15) is 4.98 Å². The number of nitrogen functional groups attached to an aromatic ring is 1. The average Bonchev–Trinajstić information content (AvgIpc) is 2.92. The molecule has 100 valence electrons. The molecule has 0 bridgehead atoms. The largest absolute Gasteiger partial charge is 0.399 e. The van der Waals surface area contributed by atoms with Gasteiger partial charge in [0.25, 0.3) is 5.89 Å². The van der Waals surface area contributed by atoms with Gasteiger partial charge in [-0.3, -0.25) is 0 Å². The molecule has 20 heavy (non-hydrogen) atoms. The number of aryl methyl sites for hydroxylation is 1. The molecule has 1 heterocycles. The van der Waals surface area contributed by atoms with Crippen LogP contribution in [0.3, 0.4) is 0 Å². The van der Waals surface area contributed by atoms with Gasteiger partial charge in [-0.1, -0.05) is 27.2 Å². The normalized spacial score (nSPS) is 10.7. The number of rotatable bonds is 2. The maximum absolute atomic E-state index is 5.80. The summed E-state index contributed by atoms with van der Waals surface area (Å²) in [5.41, 5.74) is 9.29. The predicted octanol–water partition coefficient (Wildman–Crippen LogP) is 4.06. The van der Waals surface area contributed by atoms with Crippen molar-refractivity contribution >= 4 is 21.6 Å². The lowest BCUT2D eigenvalue weighted by Gasteiger charge is -2.01. The topological polar surface area (TPSA) is 64.9 Å². The molecular formula is C15H12BrN3O. The Kier molecular flexibility index (Phi) is 3.28. The Balaban J connectivity index is 2.01. The SMILES string of the molecule is Cc1ccc(N)cc1-c1nc(-c2ccc(Br)cc2)no1. The molecule has 4 nitrogen and oxygen atoms in total. The summed E-state index contributed by atoms with van der Waals surface area (Å²) < 4.78 is 6.35. The summed E-state index contributed by atoms with van der Waals surface area (Å²) >= 11 is 3.40. The molecule has 3 rings (SSSR count). The lowest BCUT2D eigenvalue weighted by Crippen LogP contribution is -1.89. The van der Waals surface area contributed by atoms with Gasteiger partial charge in [0.15, 0.2) is 0 Å². The summed E-state index contributed by atoms with van der Waals surface area (Å²) in [4.78, 5) is 4.43. The quantitative estimate of drug-likeness (QED) is 0.720. The number of anilines is 1. The summed E-state index contributed by atoms with van der Waals surface area (Å²) in [6.07, 6.45) is 0. The van der Waals surface area contributed by atoms with Gasteiger partial charge in [0.2, 0.25) is 5.82 Å². The van der Waals surface area contributed by atoms with Crippen LogP contribution in [0.25, 0.3) is 22.8 Å². The Morgan fingerprint density at radius 3 is 2.60 bits per heavy atom. The number of nitrogens with zero attached hydrogens (tertiary/aromatic N) is 2. The van der Waals surface area contributed by atoms with Crippen molar-refractivity contribution in [2.24, 2.45) is 0 Å². The monoisotopic (exact) mass is 329 g/mol. The van der Waals surface area contributed by atoms with E-state index in [-0.39, 0.29) is 0 Å². The summed E-state index contributed by atoms with van der Waals surface area (Å²) in [5, 5.41) is 4.02. The molecule has 1 aromatic heterocycles. The molecule has 0 aliphatic rings. The van der Waals surface area contributed by atoms with Crippen LogP contribution in [0.4, 0.5) is 5.69 Å². The molecule has 0 atom stereocenters. The van der Waals surface area contributed by atoms with E-state index in [2.05, 4.69) is 26.1 Å². The van der Waals surface area contributed by atoms with Gasteiger partial charge in [0.1, 0.15) is 0 Å². The van der Waals surface area contributed by atoms with Crippen molar-refractivity contribution in [1.82, 2.24) is 10.1 Å². The first-order valence-corrected chi connectivity index (χ1v) is 6.89. The van der Waals surface area contributed by atoms with Crippen LogP contribution in [0.5, 0.6) is 0 Å². The molecule has 2 aromatic carbocycles. The summed E-state index contributed by atoms with van der Waals surface area (Å²) in [6, 6.07) is 13.4. The molecule has 0 saturated carbocycles. The zero-order valence-corrected chi connectivity index (χ0v) is 12.4. The van der Waals surface area contributed by atoms with Crippen LogP contribution in [-0.2, 0) is 0 Å². The summed E-state index contributed by atoms with van der Waals surface area (Å²) in [7, 11) is 0. The van der Waals surface area contributed by atoms with E-state index in [4.69, 9.17) is 10.3 Å². The third kappa shape index (κ3) is 2.44. The highest BCUT2D eigenvalue weighted by Gasteiger charge is 2.12. The van der Waals surface area contributed by atoms with Crippen molar-refractivity contribution in [3.8, 4) is 22.8 Å². The second kappa shape index (κ2) is 5.09. The van der Waals surface area contributed by atoms with E-state index in [0.29, 0.717) is 17.4 Å². The highest BCUT2D eigenvalue weighted by molar-refractivity contribution is 9.10. The molecule has 0 saturated heterocycles. The summed E-state index contributed by atoms with van der Waals surface area (Å²) in [6.45, 7) is 1.98. The van der Waals surface area contributed by atoms with E-state index in [1.807, 2.05) is 49.4 Å². The summed E-state index contributed by atoms with van der Waals surface area (Å²) in [5.74, 6) is 1.04. The third-order valence-corrected chi connectivity index (χ3v) is 3.55. The average molecular weight is 330 g/mol. The lowest BCUT2D eigenvalue weighted by molar-refractivity contribution is 0.432. The van der Waals surface area contributed by atoms with Crippen molar-refractivity contribution in [3.05, 3.63) is 52.5 Å². The fourth-order valence-corrected chi connectivity index (χ4v) is 2.18. The second-order valence-corrected chi connectivity index (χ2v) is 5.42. The first-order chi connectivity index (χ1) is 9.63. The molecule has 0 unspecified atom stereocenters. The number of hydrogen-bond acceptors (Lipinski definition) is 4. The number of benzene rings is 2. The Morgan fingerprint density at radius 1 is 1.10 bits per heavy atom. The van der Waals surface area contributed by atoms with Crippen molar-refractivity contribution in [1.29, 1.82) is 0 Å². The van der Waals surface area contributed by atoms with E-state index in [1.54, 1.807) is 0 Å². The van der Waals surface area contributed by atoms with Gasteiger partial charge >= 0.3 is 0 Å². The number of aromatic nitrogens is 2. The minimum Gasteiger partial charge on any atom is -0.399 e. The first-order valence-electron chi connectivity index (χ1n) is 6.09. The molecule has 0 fully saturated rings. The lowest BCUT2D eigenvalue weighted by atomic mass is 10.1. The Labute approximate surface area is 124 Å². The molecule has 5 heteroatoms. The zero-order chi connectivity index (χ0) is 14.1. The fraction of sp³-hybridized carbons (Fsp3) is 0.0667. The first kappa shape index (κ1) is 12.9. The van der Waals surface area contributed by atoms with Crippen molar-refractivity contribution in [2.75, 3.05) is 5.73 Å². The number of halogens is 1. The highest BCUT2D eigenvalue weighted by atomic mass is 79.9. The van der Waals surface area contributed by atoms with Gasteiger partial charge < -0.3 is 10.3 Å². The van der Waals surface area contributed by atoms with Crippen LogP contribution in [0.15, 0.2) is 51.5 Å². The predicted molar refractivity (Wildman–Crippen MR) is 82.0 cm³/mol. The minimum absolute atomic E-state index is 0.479. The third-order valence-electron chi connectivity index (χ3n) is 3.02. The van der Waals surface area contributed by atoms with Crippen LogP contribution in [0, 0.1) is 6.92 Å². The van der Waals surface area contributed by atoms with Crippen molar-refractivity contribution < 1.29 is 4.52 Å². The standard InChI is InChI=1S/C15H12BrN3O/c1-9-2-7-12(17)8-13(9)15-18-14(19-20-15)10-3-5-11(16)6-4-10/h2-8H,17H2,1H3. The second-order valence-electron chi connectivity index (χ2n) is 4.50. The van der Waals surface area contributed by atoms with Crippen molar-refractivity contribution in [3.63, 3.8) is 0 Å². The van der Waals surface area contributed by atoms with Gasteiger partial charge in [-0.25, -0.2) is 0 Å². The molecule has 0 radical (unpaired) electrons. The van der Waals surface area contributed by atoms with Crippen LogP contribution >= 0.6 is 15.9 Å². The zero-order valence-electron chi connectivity index (χ0n) is 10.8. The van der Waals surface area contributed by atoms with Crippen LogP contribution in [0.2, 0.25) is 0 Å². The minimum atomic E-state index is 0.479. The number of nitrogens with two attached hydrogens (primary N) is 1. The Bertz CT molecular complexity index is 750. The smallest absolute Gasteiger partial charge is 0.258 e. The molecular weight excluding hydrogens is 318 g/mol. The maximum Gasteiger partial charge on any atom is 0.258 e. The highest BCUT2D eigenvalue weighted by Crippen LogP contribution is 2.27. The van der Waals surface area contributed by atoms with E-state index in [0.717, 1.165) is 21.2 Å². The maximum atomic E-state index is 5.80. The van der Waals surface area contributed by atoms with E-state index < -0.39 is 0 Å².